The van der Waals surface area contributed by atoms with Gasteiger partial charge >= 0.3 is 0 Å². The van der Waals surface area contributed by atoms with Crippen LogP contribution in [0, 0.1) is 21.4 Å². The van der Waals surface area contributed by atoms with Crippen LogP contribution in [0.15, 0.2) is 17.7 Å². The molecule has 1 aromatic rings. The van der Waals surface area contributed by atoms with Crippen LogP contribution in [0.5, 0.6) is 11.5 Å². The molecule has 1 atom stereocenters. The van der Waals surface area contributed by atoms with Crippen LogP contribution in [-0.2, 0) is 9.53 Å². The lowest BCUT2D eigenvalue weighted by Crippen LogP contribution is -2.32. The van der Waals surface area contributed by atoms with E-state index in [2.05, 4.69) is 5.32 Å². The number of methoxy groups -OCH3 is 1. The van der Waals surface area contributed by atoms with Crippen LogP contribution in [0.3, 0.4) is 0 Å². The zero-order chi connectivity index (χ0) is 18.4. The minimum absolute atomic E-state index is 0.0603. The van der Waals surface area contributed by atoms with Crippen LogP contribution in [-0.4, -0.2) is 42.3 Å². The number of hydrogen-bond donors (Lipinski definition) is 2. The second-order valence-corrected chi connectivity index (χ2v) is 5.36. The fourth-order valence-corrected chi connectivity index (χ4v) is 2.40. The van der Waals surface area contributed by atoms with E-state index in [0.29, 0.717) is 6.61 Å². The van der Waals surface area contributed by atoms with E-state index in [-0.39, 0.29) is 35.2 Å². The molecule has 1 fully saturated rings. The van der Waals surface area contributed by atoms with Crippen molar-refractivity contribution in [2.75, 3.05) is 20.3 Å². The molecule has 1 unspecified atom stereocenters. The van der Waals surface area contributed by atoms with Crippen LogP contribution in [0.4, 0.5) is 5.69 Å². The molecule has 1 aliphatic heterocycles. The summed E-state index contributed by atoms with van der Waals surface area (Å²) in [6, 6.07) is 3.84. The highest BCUT2D eigenvalue weighted by Gasteiger charge is 2.20. The number of nitro groups is 1. The zero-order valence-corrected chi connectivity index (χ0v) is 13.5. The van der Waals surface area contributed by atoms with E-state index in [1.165, 1.54) is 7.11 Å². The molecule has 9 heteroatoms. The topological polar surface area (TPSA) is 135 Å². The van der Waals surface area contributed by atoms with Crippen molar-refractivity contribution in [2.45, 2.75) is 18.9 Å². The standard InChI is InChI=1S/C16H17N3O6/c1-24-14-7-12(19(22)23)6-10(15(14)20)5-11(8-17)16(21)18-9-13-3-2-4-25-13/h5-7,13,20H,2-4,9H2,1H3,(H,18,21)/b11-5+. The normalized spacial score (nSPS) is 17.0. The monoisotopic (exact) mass is 347 g/mol. The predicted molar refractivity (Wildman–Crippen MR) is 86.9 cm³/mol. The molecular formula is C16H17N3O6. The Hall–Kier alpha value is -3.12. The second kappa shape index (κ2) is 8.12. The average molecular weight is 347 g/mol. The molecule has 1 aliphatic rings. The van der Waals surface area contributed by atoms with Crippen molar-refractivity contribution in [3.63, 3.8) is 0 Å². The molecule has 2 rings (SSSR count). The molecule has 9 nitrogen and oxygen atoms in total. The van der Waals surface area contributed by atoms with E-state index in [4.69, 9.17) is 9.47 Å². The van der Waals surface area contributed by atoms with Crippen molar-refractivity contribution in [3.8, 4) is 17.6 Å². The van der Waals surface area contributed by atoms with Gasteiger partial charge in [-0.25, -0.2) is 0 Å². The Bertz CT molecular complexity index is 747. The van der Waals surface area contributed by atoms with Gasteiger partial charge in [0, 0.05) is 24.8 Å². The first-order valence-corrected chi connectivity index (χ1v) is 7.53. The maximum atomic E-state index is 12.1. The van der Waals surface area contributed by atoms with Gasteiger partial charge in [0.1, 0.15) is 11.6 Å². The van der Waals surface area contributed by atoms with Gasteiger partial charge in [-0.2, -0.15) is 5.26 Å². The Morgan fingerprint density at radius 3 is 2.96 bits per heavy atom. The summed E-state index contributed by atoms with van der Waals surface area (Å²) in [5.41, 5.74) is -0.691. The van der Waals surface area contributed by atoms with Crippen molar-refractivity contribution >= 4 is 17.7 Å². The van der Waals surface area contributed by atoms with E-state index in [0.717, 1.165) is 31.1 Å². The highest BCUT2D eigenvalue weighted by atomic mass is 16.6. The summed E-state index contributed by atoms with van der Waals surface area (Å²) in [4.78, 5) is 22.4. The number of phenolic OH excluding ortho intramolecular Hbond substituents is 1. The number of ether oxygens (including phenoxy) is 2. The molecule has 0 aromatic heterocycles. The number of nitro benzene ring substituents is 1. The van der Waals surface area contributed by atoms with Gasteiger partial charge in [-0.1, -0.05) is 0 Å². The maximum absolute atomic E-state index is 12.1. The van der Waals surface area contributed by atoms with Crippen LogP contribution in [0.1, 0.15) is 18.4 Å². The fourth-order valence-electron chi connectivity index (χ4n) is 2.40. The smallest absolute Gasteiger partial charge is 0.274 e. The lowest BCUT2D eigenvalue weighted by molar-refractivity contribution is -0.385. The number of non-ortho nitro benzene ring substituents is 1. The highest BCUT2D eigenvalue weighted by molar-refractivity contribution is 6.02. The van der Waals surface area contributed by atoms with Gasteiger partial charge in [-0.15, -0.1) is 0 Å². The third-order valence-electron chi connectivity index (χ3n) is 3.70. The first kappa shape index (κ1) is 18.2. The van der Waals surface area contributed by atoms with Crippen molar-refractivity contribution in [1.29, 1.82) is 5.26 Å². The molecule has 1 aromatic carbocycles. The summed E-state index contributed by atoms with van der Waals surface area (Å²) in [7, 11) is 1.24. The number of nitrogens with zero attached hydrogens (tertiary/aromatic N) is 2. The van der Waals surface area contributed by atoms with E-state index in [1.54, 1.807) is 6.07 Å². The minimum Gasteiger partial charge on any atom is -0.504 e. The van der Waals surface area contributed by atoms with Gasteiger partial charge in [0.05, 0.1) is 24.2 Å². The van der Waals surface area contributed by atoms with Gasteiger partial charge < -0.3 is 19.9 Å². The Labute approximate surface area is 143 Å². The molecule has 0 radical (unpaired) electrons. The summed E-state index contributed by atoms with van der Waals surface area (Å²) in [5, 5.41) is 32.8. The molecule has 0 spiro atoms. The number of carbonyl (C=O) groups is 1. The Morgan fingerprint density at radius 2 is 2.40 bits per heavy atom. The molecule has 132 valence electrons. The molecule has 1 amide bonds. The van der Waals surface area contributed by atoms with E-state index in [9.17, 15) is 25.3 Å². The van der Waals surface area contributed by atoms with Crippen LogP contribution in [0.25, 0.3) is 6.08 Å². The second-order valence-electron chi connectivity index (χ2n) is 5.36. The molecular weight excluding hydrogens is 330 g/mol. The predicted octanol–water partition coefficient (Wildman–Crippen LogP) is 1.51. The van der Waals surface area contributed by atoms with Gasteiger partial charge in [0.2, 0.25) is 0 Å². The minimum atomic E-state index is -0.664. The van der Waals surface area contributed by atoms with Crippen molar-refractivity contribution in [1.82, 2.24) is 5.32 Å². The van der Waals surface area contributed by atoms with Gasteiger partial charge in [-0.05, 0) is 18.9 Å². The first-order chi connectivity index (χ1) is 12.0. The summed E-state index contributed by atoms with van der Waals surface area (Å²) in [6.45, 7) is 0.908. The van der Waals surface area contributed by atoms with Crippen molar-refractivity contribution in [3.05, 3.63) is 33.4 Å². The first-order valence-electron chi connectivity index (χ1n) is 7.53. The number of phenols is 1. The average Bonchev–Trinajstić information content (AvgIpc) is 3.12. The lowest BCUT2D eigenvalue weighted by Gasteiger charge is -2.10. The van der Waals surface area contributed by atoms with E-state index >= 15 is 0 Å². The molecule has 1 heterocycles. The Kier molecular flexibility index (Phi) is 5.92. The van der Waals surface area contributed by atoms with Gasteiger partial charge in [0.25, 0.3) is 11.6 Å². The number of hydrogen-bond acceptors (Lipinski definition) is 7. The number of carbonyl (C=O) groups excluding carboxylic acids is 1. The lowest BCUT2D eigenvalue weighted by atomic mass is 10.1. The summed E-state index contributed by atoms with van der Waals surface area (Å²) >= 11 is 0. The quantitative estimate of drug-likeness (QED) is 0.344. The highest BCUT2D eigenvalue weighted by Crippen LogP contribution is 2.35. The van der Waals surface area contributed by atoms with Crippen LogP contribution < -0.4 is 10.1 Å². The Balaban J connectivity index is 2.25. The molecule has 0 bridgehead atoms. The molecule has 0 aliphatic carbocycles. The number of amides is 1. The number of benzene rings is 1. The third-order valence-corrected chi connectivity index (χ3v) is 3.70. The Morgan fingerprint density at radius 1 is 1.64 bits per heavy atom. The third kappa shape index (κ3) is 4.45. The number of nitriles is 1. The summed E-state index contributed by atoms with van der Waals surface area (Å²) in [6.07, 6.45) is 2.74. The molecule has 2 N–H and O–H groups in total. The van der Waals surface area contributed by atoms with Gasteiger partial charge in [-0.3, -0.25) is 14.9 Å². The van der Waals surface area contributed by atoms with Crippen LogP contribution >= 0.6 is 0 Å². The van der Waals surface area contributed by atoms with Gasteiger partial charge in [0.15, 0.2) is 11.5 Å². The molecule has 0 saturated carbocycles. The van der Waals surface area contributed by atoms with E-state index in [1.807, 2.05) is 0 Å². The largest absolute Gasteiger partial charge is 0.504 e. The SMILES string of the molecule is COc1cc([N+](=O)[O-])cc(/C=C(\C#N)C(=O)NCC2CCCO2)c1O. The summed E-state index contributed by atoms with van der Waals surface area (Å²) < 4.78 is 10.3. The van der Waals surface area contributed by atoms with E-state index < -0.39 is 16.6 Å². The number of aromatic hydroxyl groups is 1. The number of nitrogens with one attached hydrogen (secondary N) is 1. The molecule has 25 heavy (non-hydrogen) atoms. The van der Waals surface area contributed by atoms with Crippen molar-refractivity contribution < 1.29 is 24.3 Å². The number of rotatable bonds is 6. The fraction of sp³-hybridized carbons (Fsp3) is 0.375. The maximum Gasteiger partial charge on any atom is 0.274 e. The molecule has 1 saturated heterocycles. The van der Waals surface area contributed by atoms with Crippen LogP contribution in [0.2, 0.25) is 0 Å². The zero-order valence-electron chi connectivity index (χ0n) is 13.5. The van der Waals surface area contributed by atoms with Crippen molar-refractivity contribution in [2.24, 2.45) is 0 Å². The summed E-state index contributed by atoms with van der Waals surface area (Å²) in [5.74, 6) is -1.17.